The summed E-state index contributed by atoms with van der Waals surface area (Å²) in [6.07, 6.45) is 0.373. The van der Waals surface area contributed by atoms with Gasteiger partial charge in [-0.3, -0.25) is 0 Å². The van der Waals surface area contributed by atoms with Crippen molar-refractivity contribution in [2.45, 2.75) is 6.42 Å². The number of rotatable bonds is 4. The lowest BCUT2D eigenvalue weighted by Gasteiger charge is -2.16. The minimum Gasteiger partial charge on any atom is -0.600 e. The van der Waals surface area contributed by atoms with Gasteiger partial charge in [0.25, 0.3) is 0 Å². The summed E-state index contributed by atoms with van der Waals surface area (Å²) in [6, 6.07) is 3.17. The van der Waals surface area contributed by atoms with E-state index >= 15 is 0 Å². The van der Waals surface area contributed by atoms with Gasteiger partial charge in [-0.15, -0.1) is 0 Å². The van der Waals surface area contributed by atoms with Crippen LogP contribution in [0.25, 0.3) is 0 Å². The Morgan fingerprint density at radius 3 is 3.00 bits per heavy atom. The Morgan fingerprint density at radius 1 is 1.64 bits per heavy atom. The number of quaternary nitrogens is 1. The molecule has 1 heterocycles. The Balaban J connectivity index is 2.62. The normalized spacial score (nSPS) is 12.8. The molecule has 2 N–H and O–H groups in total. The first-order valence-corrected chi connectivity index (χ1v) is 4.84. The van der Waals surface area contributed by atoms with Crippen LogP contribution in [0.3, 0.4) is 0 Å². The Kier molecular flexibility index (Phi) is 4.27. The second-order valence-electron chi connectivity index (χ2n) is 2.68. The molecule has 0 aromatic carbocycles. The first kappa shape index (κ1) is 11.4. The van der Waals surface area contributed by atoms with Crippen molar-refractivity contribution in [2.24, 2.45) is 0 Å². The summed E-state index contributed by atoms with van der Waals surface area (Å²) in [6.45, 7) is 0.216. The summed E-state index contributed by atoms with van der Waals surface area (Å²) >= 11 is 3.18. The lowest BCUT2D eigenvalue weighted by Crippen LogP contribution is -3.06. The highest BCUT2D eigenvalue weighted by Crippen LogP contribution is 2.17. The van der Waals surface area contributed by atoms with Crippen LogP contribution >= 0.6 is 15.9 Å². The fourth-order valence-corrected chi connectivity index (χ4v) is 1.32. The van der Waals surface area contributed by atoms with E-state index in [0.717, 1.165) is 0 Å². The Bertz CT molecular complexity index is 309. The molecular formula is C8H11BrN2O3. The van der Waals surface area contributed by atoms with Gasteiger partial charge in [0, 0.05) is 6.42 Å². The topological polar surface area (TPSA) is 69.9 Å². The molecule has 0 aliphatic heterocycles. The molecule has 0 aliphatic carbocycles. The maximum Gasteiger partial charge on any atom is 0.137 e. The summed E-state index contributed by atoms with van der Waals surface area (Å²) in [5.41, 5.74) is 0.491. The second-order valence-corrected chi connectivity index (χ2v) is 3.49. The van der Waals surface area contributed by atoms with Crippen LogP contribution in [0.1, 0.15) is 5.69 Å². The molecule has 0 bridgehead atoms. The Morgan fingerprint density at radius 2 is 2.36 bits per heavy atom. The highest BCUT2D eigenvalue weighted by atomic mass is 79.9. The molecule has 14 heavy (non-hydrogen) atoms. The molecule has 0 spiro atoms. The molecule has 0 radical (unpaired) electrons. The molecular weight excluding hydrogens is 252 g/mol. The first-order valence-electron chi connectivity index (χ1n) is 4.04. The second kappa shape index (κ2) is 5.26. The molecule has 1 aromatic heterocycles. The van der Waals surface area contributed by atoms with Crippen LogP contribution in [0, 0.1) is 5.21 Å². The van der Waals surface area contributed by atoms with Gasteiger partial charge in [0.05, 0.1) is 12.8 Å². The lowest BCUT2D eigenvalue weighted by atomic mass is 10.2. The number of hydroxylamine groups is 2. The highest BCUT2D eigenvalue weighted by Gasteiger charge is 2.05. The van der Waals surface area contributed by atoms with Gasteiger partial charge in [-0.05, 0) is 28.1 Å². The number of nitrogens with zero attached hydrogens (tertiary/aromatic N) is 1. The predicted molar refractivity (Wildman–Crippen MR) is 53.5 cm³/mol. The highest BCUT2D eigenvalue weighted by molar-refractivity contribution is 9.10. The first-order chi connectivity index (χ1) is 6.63. The van der Waals surface area contributed by atoms with Crippen molar-refractivity contribution in [1.82, 2.24) is 4.98 Å². The average molecular weight is 263 g/mol. The number of halogens is 1. The summed E-state index contributed by atoms with van der Waals surface area (Å²) in [5.74, 6) is 0.0945. The maximum atomic E-state index is 10.8. The van der Waals surface area contributed by atoms with Crippen LogP contribution in [0.5, 0.6) is 5.75 Å². The molecule has 6 heteroatoms. The maximum absolute atomic E-state index is 10.8. The van der Waals surface area contributed by atoms with Crippen molar-refractivity contribution < 1.29 is 15.2 Å². The van der Waals surface area contributed by atoms with E-state index in [0.29, 0.717) is 16.7 Å². The van der Waals surface area contributed by atoms with E-state index in [1.54, 1.807) is 6.07 Å². The van der Waals surface area contributed by atoms with E-state index in [4.69, 9.17) is 0 Å². The van der Waals surface area contributed by atoms with E-state index in [2.05, 4.69) is 25.8 Å². The van der Waals surface area contributed by atoms with Gasteiger partial charge in [-0.25, -0.2) is 15.0 Å². The smallest absolute Gasteiger partial charge is 0.137 e. The molecule has 0 fully saturated rings. The van der Waals surface area contributed by atoms with E-state index in [1.807, 2.05) is 0 Å². The average Bonchev–Trinajstić information content (AvgIpc) is 2.19. The lowest BCUT2D eigenvalue weighted by molar-refractivity contribution is -1.05. The van der Waals surface area contributed by atoms with Gasteiger partial charge >= 0.3 is 0 Å². The van der Waals surface area contributed by atoms with Gasteiger partial charge < -0.3 is 10.3 Å². The molecule has 1 unspecified atom stereocenters. The van der Waals surface area contributed by atoms with E-state index < -0.39 is 0 Å². The zero-order valence-electron chi connectivity index (χ0n) is 7.66. The number of aromatic nitrogens is 1. The van der Waals surface area contributed by atoms with Crippen molar-refractivity contribution in [2.75, 3.05) is 13.7 Å². The molecule has 0 amide bonds. The molecule has 0 aliphatic rings. The van der Waals surface area contributed by atoms with Gasteiger partial charge in [0.2, 0.25) is 0 Å². The summed E-state index contributed by atoms with van der Waals surface area (Å²) in [5, 5.41) is 19.9. The van der Waals surface area contributed by atoms with E-state index in [9.17, 15) is 10.3 Å². The zero-order valence-corrected chi connectivity index (χ0v) is 9.24. The zero-order chi connectivity index (χ0) is 10.6. The van der Waals surface area contributed by atoms with Crippen LogP contribution in [0.15, 0.2) is 16.7 Å². The fourth-order valence-electron chi connectivity index (χ4n) is 0.974. The van der Waals surface area contributed by atoms with Gasteiger partial charge in [0.15, 0.2) is 0 Å². The monoisotopic (exact) mass is 262 g/mol. The van der Waals surface area contributed by atoms with Crippen molar-refractivity contribution in [3.05, 3.63) is 27.6 Å². The largest absolute Gasteiger partial charge is 0.600 e. The number of hydrogen-bond donors (Lipinski definition) is 2. The minimum atomic E-state index is -0.314. The number of aromatic hydroxyl groups is 1. The van der Waals surface area contributed by atoms with Crippen LogP contribution in [-0.4, -0.2) is 23.7 Å². The summed E-state index contributed by atoms with van der Waals surface area (Å²) < 4.78 is 0.634. The van der Waals surface area contributed by atoms with E-state index in [1.165, 1.54) is 13.2 Å². The van der Waals surface area contributed by atoms with Gasteiger partial charge in [0.1, 0.15) is 16.9 Å². The van der Waals surface area contributed by atoms with Crippen molar-refractivity contribution >= 4 is 15.9 Å². The van der Waals surface area contributed by atoms with Crippen LogP contribution in [-0.2, 0) is 11.3 Å². The number of pyridine rings is 1. The van der Waals surface area contributed by atoms with Crippen LogP contribution < -0.4 is 5.23 Å². The molecule has 0 saturated heterocycles. The van der Waals surface area contributed by atoms with E-state index in [-0.39, 0.29) is 17.5 Å². The third-order valence-corrected chi connectivity index (χ3v) is 2.15. The van der Waals surface area contributed by atoms with Gasteiger partial charge in [-0.2, -0.15) is 0 Å². The molecule has 78 valence electrons. The molecule has 5 nitrogen and oxygen atoms in total. The standard InChI is InChI=1S/C8H11BrN2O3/c1-14-11(13)5-4-6-7(12)2-3-8(9)10-6/h2-3,11-12H,4-5H2,1H3. The van der Waals surface area contributed by atoms with Crippen molar-refractivity contribution in [3.8, 4) is 5.75 Å². The van der Waals surface area contributed by atoms with Crippen molar-refractivity contribution in [1.29, 1.82) is 0 Å². The van der Waals surface area contributed by atoms with Crippen LogP contribution in [0.4, 0.5) is 0 Å². The quantitative estimate of drug-likeness (QED) is 0.594. The third-order valence-electron chi connectivity index (χ3n) is 1.71. The molecule has 1 aromatic rings. The van der Waals surface area contributed by atoms with Crippen LogP contribution in [0.2, 0.25) is 0 Å². The Hall–Kier alpha value is -0.690. The minimum absolute atomic E-state index is 0.0945. The number of nitrogens with one attached hydrogen (secondary N) is 1. The van der Waals surface area contributed by atoms with Crippen molar-refractivity contribution in [3.63, 3.8) is 0 Å². The number of hydrogen-bond acceptors (Lipinski definition) is 4. The molecule has 0 saturated carbocycles. The molecule has 1 rings (SSSR count). The third kappa shape index (κ3) is 3.22. The predicted octanol–water partition coefficient (Wildman–Crippen LogP) is 0.0363. The fraction of sp³-hybridized carbons (Fsp3) is 0.375. The Labute approximate surface area is 90.0 Å². The summed E-state index contributed by atoms with van der Waals surface area (Å²) in [4.78, 5) is 8.52. The summed E-state index contributed by atoms with van der Waals surface area (Å²) in [7, 11) is 1.33. The van der Waals surface area contributed by atoms with Gasteiger partial charge in [-0.1, -0.05) is 0 Å². The molecule has 1 atom stereocenters. The SMILES string of the molecule is CO[NH+]([O-])CCc1nc(Br)ccc1O.